The van der Waals surface area contributed by atoms with Gasteiger partial charge in [-0.05, 0) is 53.6 Å². The molecule has 1 N–H and O–H groups in total. The van der Waals surface area contributed by atoms with E-state index in [0.29, 0.717) is 12.0 Å². The molecule has 1 fully saturated rings. The number of halogens is 1. The summed E-state index contributed by atoms with van der Waals surface area (Å²) in [6, 6.07) is 20.6. The Hall–Kier alpha value is -3.14. The van der Waals surface area contributed by atoms with E-state index >= 15 is 0 Å². The maximum Gasteiger partial charge on any atom is 0.306 e. The van der Waals surface area contributed by atoms with Crippen LogP contribution in [0.4, 0.5) is 4.39 Å². The molecule has 32 heavy (non-hydrogen) atoms. The monoisotopic (exact) mass is 432 g/mol. The van der Waals surface area contributed by atoms with Gasteiger partial charge in [0, 0.05) is 5.56 Å². The summed E-state index contributed by atoms with van der Waals surface area (Å²) < 4.78 is 20.3. The minimum Gasteiger partial charge on any atom is -0.485 e. The van der Waals surface area contributed by atoms with E-state index < -0.39 is 11.9 Å². The van der Waals surface area contributed by atoms with E-state index in [2.05, 4.69) is 0 Å². The predicted octanol–water partition coefficient (Wildman–Crippen LogP) is 6.99. The Morgan fingerprint density at radius 1 is 1.06 bits per heavy atom. The Morgan fingerprint density at radius 2 is 1.78 bits per heavy atom. The normalized spacial score (nSPS) is 17.2. The van der Waals surface area contributed by atoms with Crippen molar-refractivity contribution in [3.8, 4) is 16.9 Å². The molecule has 1 heterocycles. The lowest BCUT2D eigenvalue weighted by atomic mass is 9.93. The Labute approximate surface area is 188 Å². The highest BCUT2D eigenvalue weighted by Gasteiger charge is 2.22. The van der Waals surface area contributed by atoms with Gasteiger partial charge in [0.2, 0.25) is 0 Å². The first-order valence-electron chi connectivity index (χ1n) is 11.4. The third-order valence-corrected chi connectivity index (χ3v) is 5.86. The van der Waals surface area contributed by atoms with E-state index in [9.17, 15) is 9.18 Å². The molecule has 3 aromatic carbocycles. The van der Waals surface area contributed by atoms with E-state index in [-0.39, 0.29) is 11.9 Å². The first-order chi connectivity index (χ1) is 15.5. The molecule has 1 saturated carbocycles. The van der Waals surface area contributed by atoms with Crippen LogP contribution in [0.15, 0.2) is 66.7 Å². The van der Waals surface area contributed by atoms with Crippen molar-refractivity contribution in [3.05, 3.63) is 89.2 Å². The smallest absolute Gasteiger partial charge is 0.306 e. The van der Waals surface area contributed by atoms with Gasteiger partial charge in [-0.3, -0.25) is 4.79 Å². The molecular formula is C28H29FO3. The number of carboxylic acids is 1. The summed E-state index contributed by atoms with van der Waals surface area (Å²) in [6.07, 6.45) is 6.69. The summed E-state index contributed by atoms with van der Waals surface area (Å²) >= 11 is 0. The van der Waals surface area contributed by atoms with Crippen molar-refractivity contribution in [3.63, 3.8) is 0 Å². The molecule has 2 aliphatic rings. The molecular weight excluding hydrogens is 403 g/mol. The quantitative estimate of drug-likeness (QED) is 0.472. The zero-order chi connectivity index (χ0) is 22.5. The largest absolute Gasteiger partial charge is 0.485 e. The van der Waals surface area contributed by atoms with Crippen molar-refractivity contribution in [1.82, 2.24) is 0 Å². The number of hydrogen-bond donors (Lipinski definition) is 1. The summed E-state index contributed by atoms with van der Waals surface area (Å²) in [5, 5.41) is 9.14. The van der Waals surface area contributed by atoms with Gasteiger partial charge in [-0.15, -0.1) is 0 Å². The second-order valence-corrected chi connectivity index (χ2v) is 8.69. The van der Waals surface area contributed by atoms with Gasteiger partial charge >= 0.3 is 5.97 Å². The summed E-state index contributed by atoms with van der Waals surface area (Å²) in [5.41, 5.74) is 4.60. The van der Waals surface area contributed by atoms with Crippen molar-refractivity contribution < 1.29 is 19.0 Å². The summed E-state index contributed by atoms with van der Waals surface area (Å²) in [4.78, 5) is 11.1. The van der Waals surface area contributed by atoms with Crippen LogP contribution in [0, 0.1) is 11.7 Å². The molecule has 0 spiro atoms. The van der Waals surface area contributed by atoms with Gasteiger partial charge in [-0.1, -0.05) is 80.8 Å². The molecule has 3 aromatic rings. The third-order valence-electron chi connectivity index (χ3n) is 5.86. The van der Waals surface area contributed by atoms with E-state index in [1.165, 1.54) is 25.3 Å². The molecule has 0 radical (unpaired) electrons. The first kappa shape index (κ1) is 22.1. The van der Waals surface area contributed by atoms with Gasteiger partial charge in [0.05, 0.1) is 5.92 Å². The van der Waals surface area contributed by atoms with E-state index in [1.807, 2.05) is 48.5 Å². The fraction of sp³-hybridized carbons (Fsp3) is 0.321. The lowest BCUT2D eigenvalue weighted by Crippen LogP contribution is -2.16. The van der Waals surface area contributed by atoms with Crippen LogP contribution in [0.25, 0.3) is 11.1 Å². The number of ether oxygens (including phenoxy) is 1. The van der Waals surface area contributed by atoms with Gasteiger partial charge in [-0.2, -0.15) is 0 Å². The van der Waals surface area contributed by atoms with Crippen molar-refractivity contribution in [2.75, 3.05) is 0 Å². The molecule has 166 valence electrons. The number of carbonyl (C=O) groups is 1. The first-order valence-corrected chi connectivity index (χ1v) is 11.4. The zero-order valence-corrected chi connectivity index (χ0v) is 18.4. The average molecular weight is 433 g/mol. The lowest BCUT2D eigenvalue weighted by Gasteiger charge is -2.27. The SMILES string of the molecule is C1CC1.CC(Cc1ccc2c(c1)OC(c1ccc(-c3ccccc3F)cc1)CC2)C(=O)O. The van der Waals surface area contributed by atoms with E-state index in [0.717, 1.165) is 40.8 Å². The molecule has 3 nitrogen and oxygen atoms in total. The Bertz CT molecular complexity index is 1070. The number of aliphatic carboxylic acids is 1. The van der Waals surface area contributed by atoms with Crippen LogP contribution < -0.4 is 4.74 Å². The number of hydrogen-bond acceptors (Lipinski definition) is 2. The summed E-state index contributed by atoms with van der Waals surface area (Å²) in [6.45, 7) is 1.71. The van der Waals surface area contributed by atoms with Crippen LogP contribution in [0.5, 0.6) is 5.75 Å². The van der Waals surface area contributed by atoms with Gasteiger partial charge in [0.15, 0.2) is 0 Å². The summed E-state index contributed by atoms with van der Waals surface area (Å²) in [5.74, 6) is -0.629. The topological polar surface area (TPSA) is 46.5 Å². The molecule has 5 rings (SSSR count). The number of benzene rings is 3. The molecule has 1 aliphatic carbocycles. The van der Waals surface area contributed by atoms with Crippen LogP contribution in [-0.4, -0.2) is 11.1 Å². The lowest BCUT2D eigenvalue weighted by molar-refractivity contribution is -0.141. The third kappa shape index (κ3) is 5.56. The molecule has 0 bridgehead atoms. The molecule has 4 heteroatoms. The minimum atomic E-state index is -0.795. The highest BCUT2D eigenvalue weighted by molar-refractivity contribution is 5.70. The number of rotatable bonds is 5. The maximum absolute atomic E-state index is 14.0. The zero-order valence-electron chi connectivity index (χ0n) is 18.4. The van der Waals surface area contributed by atoms with E-state index in [1.54, 1.807) is 19.1 Å². The molecule has 2 unspecified atom stereocenters. The standard InChI is InChI=1S/C25H23FO3.C3H6/c1-16(25(27)28)14-17-6-7-20-12-13-23(29-24(20)15-17)19-10-8-18(9-11-19)21-4-2-3-5-22(21)26;1-2-3-1/h2-11,15-16,23H,12-14H2,1H3,(H,27,28);1-3H2. The molecule has 2 atom stereocenters. The number of aryl methyl sites for hydroxylation is 1. The van der Waals surface area contributed by atoms with E-state index in [4.69, 9.17) is 9.84 Å². The highest BCUT2D eigenvalue weighted by atomic mass is 19.1. The Kier molecular flexibility index (Phi) is 6.89. The minimum absolute atomic E-state index is 0.0654. The van der Waals surface area contributed by atoms with Gasteiger partial charge in [-0.25, -0.2) is 4.39 Å². The van der Waals surface area contributed by atoms with Crippen LogP contribution in [-0.2, 0) is 17.6 Å². The second-order valence-electron chi connectivity index (χ2n) is 8.69. The van der Waals surface area contributed by atoms with Crippen molar-refractivity contribution in [1.29, 1.82) is 0 Å². The Morgan fingerprint density at radius 3 is 2.44 bits per heavy atom. The fourth-order valence-corrected chi connectivity index (χ4v) is 3.79. The van der Waals surface area contributed by atoms with Crippen molar-refractivity contribution >= 4 is 5.97 Å². The van der Waals surface area contributed by atoms with Crippen molar-refractivity contribution in [2.24, 2.45) is 5.92 Å². The van der Waals surface area contributed by atoms with Gasteiger partial charge in [0.25, 0.3) is 0 Å². The average Bonchev–Trinajstić information content (AvgIpc) is 3.69. The molecule has 1 aliphatic heterocycles. The predicted molar refractivity (Wildman–Crippen MR) is 124 cm³/mol. The highest BCUT2D eigenvalue weighted by Crippen LogP contribution is 2.36. The van der Waals surface area contributed by atoms with Gasteiger partial charge < -0.3 is 9.84 Å². The van der Waals surface area contributed by atoms with Gasteiger partial charge in [0.1, 0.15) is 17.7 Å². The summed E-state index contributed by atoms with van der Waals surface area (Å²) in [7, 11) is 0. The van der Waals surface area contributed by atoms with Crippen LogP contribution in [0.2, 0.25) is 0 Å². The Balaban J connectivity index is 0.000000754. The molecule has 0 saturated heterocycles. The number of carboxylic acid groups (broad SMARTS) is 1. The maximum atomic E-state index is 14.0. The van der Waals surface area contributed by atoms with Crippen LogP contribution in [0.3, 0.4) is 0 Å². The second kappa shape index (κ2) is 9.99. The van der Waals surface area contributed by atoms with Crippen LogP contribution >= 0.6 is 0 Å². The van der Waals surface area contributed by atoms with Crippen LogP contribution in [0.1, 0.15) is 55.4 Å². The fourth-order valence-electron chi connectivity index (χ4n) is 3.79. The number of fused-ring (bicyclic) bond motifs is 1. The van der Waals surface area contributed by atoms with Crippen molar-refractivity contribution in [2.45, 2.75) is 51.6 Å². The molecule has 0 amide bonds. The molecule has 0 aromatic heterocycles.